The van der Waals surface area contributed by atoms with Crippen LogP contribution in [0.3, 0.4) is 0 Å². The van der Waals surface area contributed by atoms with Crippen LogP contribution in [0.25, 0.3) is 5.65 Å². The molecule has 0 N–H and O–H groups in total. The van der Waals surface area contributed by atoms with Crippen LogP contribution in [0, 0.1) is 18.8 Å². The third-order valence-electron chi connectivity index (χ3n) is 6.06. The van der Waals surface area contributed by atoms with E-state index in [9.17, 15) is 4.79 Å². The van der Waals surface area contributed by atoms with Crippen LogP contribution in [0.15, 0.2) is 18.2 Å². The number of aryl methyl sites for hydroxylation is 3. The second-order valence-electron chi connectivity index (χ2n) is 7.86. The molecule has 1 amide bonds. The van der Waals surface area contributed by atoms with Crippen molar-refractivity contribution < 1.29 is 4.79 Å². The van der Waals surface area contributed by atoms with Crippen molar-refractivity contribution >= 4 is 17.4 Å². The van der Waals surface area contributed by atoms with Gasteiger partial charge in [-0.05, 0) is 25.1 Å². The molecule has 2 aliphatic rings. The Balaban J connectivity index is 1.30. The number of carbonyl (C=O) groups is 1. The van der Waals surface area contributed by atoms with Gasteiger partial charge in [-0.1, -0.05) is 6.92 Å². The molecule has 0 aromatic carbocycles. The van der Waals surface area contributed by atoms with Crippen LogP contribution >= 0.6 is 0 Å². The van der Waals surface area contributed by atoms with Crippen molar-refractivity contribution in [3.8, 4) is 0 Å². The normalized spacial score (nSPS) is 21.7. The van der Waals surface area contributed by atoms with Gasteiger partial charge in [0.25, 0.3) is 5.91 Å². The topological polar surface area (TPSA) is 84.5 Å². The van der Waals surface area contributed by atoms with E-state index in [1.807, 2.05) is 41.6 Å². The minimum Gasteiger partial charge on any atom is -0.354 e. The molecule has 0 spiro atoms. The Morgan fingerprint density at radius 1 is 1.11 bits per heavy atom. The monoisotopic (exact) mass is 380 g/mol. The summed E-state index contributed by atoms with van der Waals surface area (Å²) in [6, 6.07) is 5.86. The molecule has 5 rings (SSSR count). The van der Waals surface area contributed by atoms with E-state index >= 15 is 0 Å². The molecule has 0 aliphatic carbocycles. The number of nitrogens with zero attached hydrogens (tertiary/aromatic N) is 8. The molecule has 146 valence electrons. The molecule has 2 unspecified atom stereocenters. The second-order valence-corrected chi connectivity index (χ2v) is 7.86. The summed E-state index contributed by atoms with van der Waals surface area (Å²) in [7, 11) is 1.87. The van der Waals surface area contributed by atoms with Gasteiger partial charge in [-0.2, -0.15) is 9.61 Å². The minimum absolute atomic E-state index is 0.0428. The van der Waals surface area contributed by atoms with E-state index < -0.39 is 0 Å². The maximum absolute atomic E-state index is 12.8. The quantitative estimate of drug-likeness (QED) is 0.672. The number of carbonyl (C=O) groups excluding carboxylic acids is 1. The zero-order chi connectivity index (χ0) is 19.4. The molecular weight excluding hydrogens is 356 g/mol. The van der Waals surface area contributed by atoms with Gasteiger partial charge in [-0.25, -0.2) is 0 Å². The Bertz CT molecular complexity index is 1020. The highest BCUT2D eigenvalue weighted by Gasteiger charge is 2.42. The van der Waals surface area contributed by atoms with E-state index in [1.54, 1.807) is 4.68 Å². The summed E-state index contributed by atoms with van der Waals surface area (Å²) in [6.07, 6.45) is 0.799. The SMILES string of the molecule is CCc1nnc2ccc(N3CC4CN(C(=O)c5cc(C)n(C)n5)CC4C3)nn12. The highest BCUT2D eigenvalue weighted by molar-refractivity contribution is 5.92. The number of likely N-dealkylation sites (tertiary alicyclic amines) is 1. The van der Waals surface area contributed by atoms with Crippen LogP contribution in [0.4, 0.5) is 5.82 Å². The van der Waals surface area contributed by atoms with E-state index in [-0.39, 0.29) is 5.91 Å². The maximum Gasteiger partial charge on any atom is 0.274 e. The van der Waals surface area contributed by atoms with Crippen molar-refractivity contribution in [1.29, 1.82) is 0 Å². The fourth-order valence-corrected chi connectivity index (χ4v) is 4.39. The largest absolute Gasteiger partial charge is 0.354 e. The third-order valence-corrected chi connectivity index (χ3v) is 6.06. The molecule has 2 fully saturated rings. The average molecular weight is 380 g/mol. The summed E-state index contributed by atoms with van der Waals surface area (Å²) in [5, 5.41) is 17.4. The van der Waals surface area contributed by atoms with E-state index in [2.05, 4.69) is 27.1 Å². The van der Waals surface area contributed by atoms with Crippen molar-refractivity contribution in [1.82, 2.24) is 34.5 Å². The number of fused-ring (bicyclic) bond motifs is 2. The smallest absolute Gasteiger partial charge is 0.274 e. The first kappa shape index (κ1) is 17.2. The summed E-state index contributed by atoms with van der Waals surface area (Å²) >= 11 is 0. The fraction of sp³-hybridized carbons (Fsp3) is 0.526. The first-order chi connectivity index (χ1) is 13.5. The zero-order valence-electron chi connectivity index (χ0n) is 16.4. The summed E-state index contributed by atoms with van der Waals surface area (Å²) in [5.74, 6) is 2.81. The summed E-state index contributed by atoms with van der Waals surface area (Å²) in [6.45, 7) is 7.41. The molecule has 3 aromatic heterocycles. The molecule has 5 heterocycles. The maximum atomic E-state index is 12.8. The molecule has 2 saturated heterocycles. The minimum atomic E-state index is 0.0428. The van der Waals surface area contributed by atoms with Crippen molar-refractivity contribution in [3.05, 3.63) is 35.4 Å². The lowest BCUT2D eigenvalue weighted by atomic mass is 10.0. The Morgan fingerprint density at radius 3 is 2.50 bits per heavy atom. The molecule has 2 atom stereocenters. The Kier molecular flexibility index (Phi) is 3.85. The number of amides is 1. The Labute approximate surface area is 162 Å². The van der Waals surface area contributed by atoms with Crippen molar-refractivity contribution in [2.24, 2.45) is 18.9 Å². The van der Waals surface area contributed by atoms with E-state index in [0.29, 0.717) is 17.5 Å². The number of hydrogen-bond acceptors (Lipinski definition) is 6. The van der Waals surface area contributed by atoms with Gasteiger partial charge in [0.05, 0.1) is 0 Å². The second kappa shape index (κ2) is 6.29. The third kappa shape index (κ3) is 2.64. The number of anilines is 1. The molecule has 0 radical (unpaired) electrons. The zero-order valence-corrected chi connectivity index (χ0v) is 16.4. The summed E-state index contributed by atoms with van der Waals surface area (Å²) in [4.78, 5) is 17.1. The van der Waals surface area contributed by atoms with Gasteiger partial charge in [0, 0.05) is 57.2 Å². The summed E-state index contributed by atoms with van der Waals surface area (Å²) < 4.78 is 3.59. The van der Waals surface area contributed by atoms with Gasteiger partial charge < -0.3 is 9.80 Å². The molecule has 9 heteroatoms. The first-order valence-electron chi connectivity index (χ1n) is 9.79. The van der Waals surface area contributed by atoms with Gasteiger partial charge in [0.15, 0.2) is 17.2 Å². The highest BCUT2D eigenvalue weighted by atomic mass is 16.2. The van der Waals surface area contributed by atoms with Crippen molar-refractivity contribution in [2.75, 3.05) is 31.1 Å². The van der Waals surface area contributed by atoms with E-state index in [4.69, 9.17) is 5.10 Å². The molecule has 3 aromatic rings. The van der Waals surface area contributed by atoms with Crippen molar-refractivity contribution in [2.45, 2.75) is 20.3 Å². The Hall–Kier alpha value is -2.97. The van der Waals surface area contributed by atoms with Crippen LogP contribution in [0.1, 0.15) is 28.9 Å². The van der Waals surface area contributed by atoms with Gasteiger partial charge in [-0.3, -0.25) is 9.48 Å². The van der Waals surface area contributed by atoms with Gasteiger partial charge in [0.1, 0.15) is 5.82 Å². The van der Waals surface area contributed by atoms with E-state index in [1.165, 1.54) is 0 Å². The predicted molar refractivity (Wildman–Crippen MR) is 103 cm³/mol. The van der Waals surface area contributed by atoms with Gasteiger partial charge in [0.2, 0.25) is 0 Å². The van der Waals surface area contributed by atoms with Crippen LogP contribution in [0.2, 0.25) is 0 Å². The molecule has 0 bridgehead atoms. The van der Waals surface area contributed by atoms with Gasteiger partial charge in [-0.15, -0.1) is 15.3 Å². The highest BCUT2D eigenvalue weighted by Crippen LogP contribution is 2.34. The molecule has 0 saturated carbocycles. The molecule has 2 aliphatic heterocycles. The van der Waals surface area contributed by atoms with Crippen molar-refractivity contribution in [3.63, 3.8) is 0 Å². The first-order valence-corrected chi connectivity index (χ1v) is 9.79. The number of hydrogen-bond donors (Lipinski definition) is 0. The molecular formula is C19H24N8O. The fourth-order valence-electron chi connectivity index (χ4n) is 4.39. The predicted octanol–water partition coefficient (Wildman–Crippen LogP) is 0.937. The lowest BCUT2D eigenvalue weighted by Crippen LogP contribution is -2.33. The van der Waals surface area contributed by atoms with Crippen LogP contribution in [0.5, 0.6) is 0 Å². The standard InChI is InChI=1S/C19H24N8O/c1-4-16-20-21-17-5-6-18(23-27(16)17)25-8-13-10-26(11-14(13)9-25)19(28)15-7-12(2)24(3)22-15/h5-7,13-14H,4,8-11H2,1-3H3. The number of aromatic nitrogens is 6. The Morgan fingerprint density at radius 2 is 1.86 bits per heavy atom. The number of rotatable bonds is 3. The van der Waals surface area contributed by atoms with Crippen LogP contribution in [-0.4, -0.2) is 66.6 Å². The molecule has 9 nitrogen and oxygen atoms in total. The average Bonchev–Trinajstić information content (AvgIpc) is 3.43. The van der Waals surface area contributed by atoms with Gasteiger partial charge >= 0.3 is 0 Å². The van der Waals surface area contributed by atoms with E-state index in [0.717, 1.165) is 55.6 Å². The lowest BCUT2D eigenvalue weighted by molar-refractivity contribution is 0.0776. The van der Waals surface area contributed by atoms with Crippen LogP contribution < -0.4 is 4.90 Å². The summed E-state index contributed by atoms with van der Waals surface area (Å²) in [5.41, 5.74) is 2.32. The lowest BCUT2D eigenvalue weighted by Gasteiger charge is -2.22. The molecule has 28 heavy (non-hydrogen) atoms. The van der Waals surface area contributed by atoms with Crippen LogP contribution in [-0.2, 0) is 13.5 Å².